The van der Waals surface area contributed by atoms with Gasteiger partial charge in [0, 0.05) is 0 Å². The molecule has 0 aliphatic rings. The molecule has 0 bridgehead atoms. The number of carbonyl (C=O) groups excluding carboxylic acids is 1. The average Bonchev–Trinajstić information content (AvgIpc) is 2.44. The maximum absolute atomic E-state index is 12.3. The number of carbonyl (C=O) groups is 1. The van der Waals surface area contributed by atoms with Crippen LogP contribution in [0.3, 0.4) is 0 Å². The van der Waals surface area contributed by atoms with Crippen molar-refractivity contribution in [1.29, 1.82) is 0 Å². The summed E-state index contributed by atoms with van der Waals surface area (Å²) in [5.41, 5.74) is 7.14. The van der Waals surface area contributed by atoms with Crippen LogP contribution in [0.2, 0.25) is 5.15 Å². The number of amides is 1. The molecule has 2 aromatic rings. The number of hydrogen-bond donors (Lipinski definition) is 2. The van der Waals surface area contributed by atoms with Crippen molar-refractivity contribution in [1.82, 2.24) is 4.98 Å². The number of aryl methyl sites for hydroxylation is 1. The maximum atomic E-state index is 12.3. The highest BCUT2D eigenvalue weighted by molar-refractivity contribution is 6.30. The zero-order valence-corrected chi connectivity index (χ0v) is 12.1. The summed E-state index contributed by atoms with van der Waals surface area (Å²) in [7, 11) is 0. The Morgan fingerprint density at radius 3 is 2.60 bits per heavy atom. The molecule has 0 fully saturated rings. The lowest BCUT2D eigenvalue weighted by Crippen LogP contribution is -2.45. The average molecular weight is 290 g/mol. The van der Waals surface area contributed by atoms with Crippen LogP contribution in [0.1, 0.15) is 18.1 Å². The Labute approximate surface area is 123 Å². The molecule has 1 aromatic heterocycles. The zero-order valence-electron chi connectivity index (χ0n) is 11.4. The number of hydrogen-bond acceptors (Lipinski definition) is 3. The van der Waals surface area contributed by atoms with Crippen molar-refractivity contribution in [2.24, 2.45) is 5.73 Å². The zero-order chi connectivity index (χ0) is 14.8. The second-order valence-electron chi connectivity index (χ2n) is 4.85. The summed E-state index contributed by atoms with van der Waals surface area (Å²) >= 11 is 5.85. The Balaban J connectivity index is 2.21. The minimum atomic E-state index is -1.12. The number of nitrogens with one attached hydrogen (secondary N) is 1. The lowest BCUT2D eigenvalue weighted by atomic mass is 9.92. The standard InChI is InChI=1S/C15H16ClN3O/c1-10-8-12(9-18-13(10)16)19-14(20)15(2,17)11-6-4-3-5-7-11/h3-9H,17H2,1-2H3,(H,19,20). The summed E-state index contributed by atoms with van der Waals surface area (Å²) in [4.78, 5) is 16.3. The van der Waals surface area contributed by atoms with Crippen molar-refractivity contribution in [2.45, 2.75) is 19.4 Å². The fourth-order valence-electron chi connectivity index (χ4n) is 1.80. The van der Waals surface area contributed by atoms with Gasteiger partial charge in [0.25, 0.3) is 0 Å². The van der Waals surface area contributed by atoms with E-state index in [2.05, 4.69) is 10.3 Å². The summed E-state index contributed by atoms with van der Waals surface area (Å²) in [6, 6.07) is 11.0. The number of anilines is 1. The van der Waals surface area contributed by atoms with E-state index in [1.165, 1.54) is 6.20 Å². The minimum Gasteiger partial charge on any atom is -0.323 e. The molecule has 1 unspecified atom stereocenters. The Kier molecular flexibility index (Phi) is 4.06. The fourth-order valence-corrected chi connectivity index (χ4v) is 1.91. The van der Waals surface area contributed by atoms with E-state index in [1.807, 2.05) is 37.3 Å². The fraction of sp³-hybridized carbons (Fsp3) is 0.200. The molecule has 5 heteroatoms. The highest BCUT2D eigenvalue weighted by Gasteiger charge is 2.30. The van der Waals surface area contributed by atoms with E-state index in [4.69, 9.17) is 17.3 Å². The normalized spacial score (nSPS) is 13.6. The van der Waals surface area contributed by atoms with Gasteiger partial charge in [0.15, 0.2) is 0 Å². The van der Waals surface area contributed by atoms with Crippen LogP contribution >= 0.6 is 11.6 Å². The molecule has 0 saturated carbocycles. The quantitative estimate of drug-likeness (QED) is 0.854. The summed E-state index contributed by atoms with van der Waals surface area (Å²) < 4.78 is 0. The summed E-state index contributed by atoms with van der Waals surface area (Å²) in [6.07, 6.45) is 1.51. The summed E-state index contributed by atoms with van der Waals surface area (Å²) in [5, 5.41) is 3.18. The van der Waals surface area contributed by atoms with Crippen molar-refractivity contribution in [2.75, 3.05) is 5.32 Å². The van der Waals surface area contributed by atoms with Crippen molar-refractivity contribution in [3.05, 3.63) is 58.9 Å². The van der Waals surface area contributed by atoms with E-state index in [9.17, 15) is 4.79 Å². The van der Waals surface area contributed by atoms with Crippen LogP contribution in [0.25, 0.3) is 0 Å². The van der Waals surface area contributed by atoms with Crippen LogP contribution in [0.5, 0.6) is 0 Å². The Bertz CT molecular complexity index is 626. The van der Waals surface area contributed by atoms with Gasteiger partial charge in [0.1, 0.15) is 10.7 Å². The first-order valence-corrected chi connectivity index (χ1v) is 6.57. The van der Waals surface area contributed by atoms with E-state index >= 15 is 0 Å². The van der Waals surface area contributed by atoms with E-state index in [-0.39, 0.29) is 5.91 Å². The van der Waals surface area contributed by atoms with Gasteiger partial charge in [-0.25, -0.2) is 4.98 Å². The van der Waals surface area contributed by atoms with Crippen LogP contribution < -0.4 is 11.1 Å². The largest absolute Gasteiger partial charge is 0.323 e. The van der Waals surface area contributed by atoms with Gasteiger partial charge in [0.05, 0.1) is 11.9 Å². The topological polar surface area (TPSA) is 68.0 Å². The van der Waals surface area contributed by atoms with Crippen LogP contribution in [0.15, 0.2) is 42.6 Å². The number of benzene rings is 1. The molecule has 3 N–H and O–H groups in total. The number of rotatable bonds is 3. The molecule has 2 rings (SSSR count). The number of pyridine rings is 1. The van der Waals surface area contributed by atoms with E-state index < -0.39 is 5.54 Å². The molecule has 1 aromatic carbocycles. The monoisotopic (exact) mass is 289 g/mol. The first kappa shape index (κ1) is 14.5. The van der Waals surface area contributed by atoms with Crippen LogP contribution in [-0.4, -0.2) is 10.9 Å². The lowest BCUT2D eigenvalue weighted by Gasteiger charge is -2.24. The van der Waals surface area contributed by atoms with Gasteiger partial charge in [-0.15, -0.1) is 0 Å². The van der Waals surface area contributed by atoms with Crippen LogP contribution in [-0.2, 0) is 10.3 Å². The molecule has 0 spiro atoms. The first-order chi connectivity index (χ1) is 9.41. The number of aromatic nitrogens is 1. The molecule has 1 amide bonds. The van der Waals surface area contributed by atoms with Crippen LogP contribution in [0.4, 0.5) is 5.69 Å². The van der Waals surface area contributed by atoms with Gasteiger partial charge in [-0.2, -0.15) is 0 Å². The van der Waals surface area contributed by atoms with Crippen molar-refractivity contribution < 1.29 is 4.79 Å². The number of nitrogens with zero attached hydrogens (tertiary/aromatic N) is 1. The van der Waals surface area contributed by atoms with Gasteiger partial charge in [-0.1, -0.05) is 41.9 Å². The molecule has 4 nitrogen and oxygen atoms in total. The third-order valence-electron chi connectivity index (χ3n) is 3.12. The SMILES string of the molecule is Cc1cc(NC(=O)C(C)(N)c2ccccc2)cnc1Cl. The molecule has 1 atom stereocenters. The van der Waals surface area contributed by atoms with E-state index in [0.29, 0.717) is 10.8 Å². The molecule has 0 aliphatic carbocycles. The molecule has 0 saturated heterocycles. The highest BCUT2D eigenvalue weighted by atomic mass is 35.5. The van der Waals surface area contributed by atoms with Crippen LogP contribution in [0, 0.1) is 6.92 Å². The maximum Gasteiger partial charge on any atom is 0.248 e. The third-order valence-corrected chi connectivity index (χ3v) is 3.51. The van der Waals surface area contributed by atoms with E-state index in [0.717, 1.165) is 11.1 Å². The molecule has 0 aliphatic heterocycles. The minimum absolute atomic E-state index is 0.299. The predicted molar refractivity (Wildman–Crippen MR) is 80.6 cm³/mol. The van der Waals surface area contributed by atoms with Gasteiger partial charge in [0.2, 0.25) is 5.91 Å². The Hall–Kier alpha value is -1.91. The van der Waals surface area contributed by atoms with E-state index in [1.54, 1.807) is 13.0 Å². The smallest absolute Gasteiger partial charge is 0.248 e. The predicted octanol–water partition coefficient (Wildman–Crippen LogP) is 2.86. The van der Waals surface area contributed by atoms with Gasteiger partial charge in [-0.3, -0.25) is 4.79 Å². The number of halogens is 1. The van der Waals surface area contributed by atoms with Crippen molar-refractivity contribution in [3.63, 3.8) is 0 Å². The Morgan fingerprint density at radius 2 is 2.00 bits per heavy atom. The van der Waals surface area contributed by atoms with Gasteiger partial charge in [-0.05, 0) is 31.0 Å². The first-order valence-electron chi connectivity index (χ1n) is 6.19. The third kappa shape index (κ3) is 2.98. The summed E-state index contributed by atoms with van der Waals surface area (Å²) in [6.45, 7) is 3.50. The molecule has 104 valence electrons. The number of nitrogens with two attached hydrogens (primary N) is 1. The molecule has 0 radical (unpaired) electrons. The second kappa shape index (κ2) is 5.61. The second-order valence-corrected chi connectivity index (χ2v) is 5.21. The molecule has 20 heavy (non-hydrogen) atoms. The van der Waals surface area contributed by atoms with Crippen molar-refractivity contribution >= 4 is 23.2 Å². The van der Waals surface area contributed by atoms with Gasteiger partial charge >= 0.3 is 0 Å². The Morgan fingerprint density at radius 1 is 1.35 bits per heavy atom. The molecular formula is C15H16ClN3O. The van der Waals surface area contributed by atoms with Gasteiger partial charge < -0.3 is 11.1 Å². The summed E-state index contributed by atoms with van der Waals surface area (Å²) in [5.74, 6) is -0.299. The van der Waals surface area contributed by atoms with Crippen molar-refractivity contribution in [3.8, 4) is 0 Å². The molecular weight excluding hydrogens is 274 g/mol. The molecule has 1 heterocycles. The lowest BCUT2D eigenvalue weighted by molar-refractivity contribution is -0.120. The highest BCUT2D eigenvalue weighted by Crippen LogP contribution is 2.21.